The van der Waals surface area contributed by atoms with Crippen LogP contribution in [-0.2, 0) is 22.4 Å². The summed E-state index contributed by atoms with van der Waals surface area (Å²) in [6.07, 6.45) is 1.91. The molecule has 0 aliphatic heterocycles. The fourth-order valence-electron chi connectivity index (χ4n) is 3.20. The lowest BCUT2D eigenvalue weighted by atomic mass is 9.83. The number of carboxylic acid groups (broad SMARTS) is 1. The number of carbonyl (C=O) groups is 1. The van der Waals surface area contributed by atoms with Crippen LogP contribution in [0.15, 0.2) is 48.5 Å². The van der Waals surface area contributed by atoms with Gasteiger partial charge in [-0.3, -0.25) is 0 Å². The summed E-state index contributed by atoms with van der Waals surface area (Å²) < 4.78 is 5.74. The lowest BCUT2D eigenvalue weighted by Crippen LogP contribution is -2.24. The lowest BCUT2D eigenvalue weighted by molar-refractivity contribution is -0.151. The van der Waals surface area contributed by atoms with Crippen LogP contribution in [0.1, 0.15) is 29.2 Å². The van der Waals surface area contributed by atoms with Crippen molar-refractivity contribution in [1.29, 1.82) is 0 Å². The maximum Gasteiger partial charge on any atom is 0.337 e. The summed E-state index contributed by atoms with van der Waals surface area (Å²) >= 11 is 0. The van der Waals surface area contributed by atoms with E-state index in [2.05, 4.69) is 6.07 Å². The first-order valence-electron chi connectivity index (χ1n) is 7.90. The Morgan fingerprint density at radius 1 is 1.22 bits per heavy atom. The van der Waals surface area contributed by atoms with Gasteiger partial charge in [-0.1, -0.05) is 42.5 Å². The summed E-state index contributed by atoms with van der Waals surface area (Å²) in [7, 11) is 0. The van der Waals surface area contributed by atoms with E-state index in [1.54, 1.807) is 12.1 Å². The highest BCUT2D eigenvalue weighted by atomic mass is 16.5. The number of hydrogen-bond acceptors (Lipinski definition) is 3. The van der Waals surface area contributed by atoms with Crippen molar-refractivity contribution in [3.05, 3.63) is 65.2 Å². The Morgan fingerprint density at radius 3 is 2.74 bits per heavy atom. The van der Waals surface area contributed by atoms with Gasteiger partial charge in [0.1, 0.15) is 0 Å². The second kappa shape index (κ2) is 6.84. The lowest BCUT2D eigenvalue weighted by Gasteiger charge is -2.26. The number of nitrogens with two attached hydrogens (primary N) is 1. The molecule has 3 N–H and O–H groups in total. The number of nitrogen functional groups attached to an aromatic ring is 1. The van der Waals surface area contributed by atoms with Gasteiger partial charge >= 0.3 is 5.97 Å². The van der Waals surface area contributed by atoms with Gasteiger partial charge in [0, 0.05) is 5.69 Å². The summed E-state index contributed by atoms with van der Waals surface area (Å²) in [5, 5.41) is 9.41. The van der Waals surface area contributed by atoms with E-state index in [9.17, 15) is 9.90 Å². The fraction of sp³-hybridized carbons (Fsp3) is 0.316. The number of ether oxygens (including phenoxy) is 1. The van der Waals surface area contributed by atoms with Gasteiger partial charge in [0.05, 0.1) is 6.61 Å². The molecule has 0 spiro atoms. The van der Waals surface area contributed by atoms with Gasteiger partial charge in [-0.2, -0.15) is 0 Å². The third kappa shape index (κ3) is 3.54. The van der Waals surface area contributed by atoms with Crippen LogP contribution < -0.4 is 5.73 Å². The Kier molecular flexibility index (Phi) is 4.63. The average molecular weight is 311 g/mol. The molecule has 120 valence electrons. The van der Waals surface area contributed by atoms with Gasteiger partial charge in [-0.05, 0) is 47.9 Å². The van der Waals surface area contributed by atoms with E-state index in [4.69, 9.17) is 10.5 Å². The van der Waals surface area contributed by atoms with E-state index in [0.717, 1.165) is 24.9 Å². The Labute approximate surface area is 135 Å². The fourth-order valence-corrected chi connectivity index (χ4v) is 3.20. The molecule has 4 heteroatoms. The number of benzene rings is 2. The van der Waals surface area contributed by atoms with E-state index < -0.39 is 12.1 Å². The molecule has 1 aliphatic carbocycles. The van der Waals surface area contributed by atoms with Gasteiger partial charge in [0.25, 0.3) is 0 Å². The highest BCUT2D eigenvalue weighted by molar-refractivity contribution is 5.74. The van der Waals surface area contributed by atoms with E-state index >= 15 is 0 Å². The number of aryl methyl sites for hydroxylation is 1. The highest BCUT2D eigenvalue weighted by Crippen LogP contribution is 2.30. The molecule has 0 saturated heterocycles. The molecule has 0 fully saturated rings. The van der Waals surface area contributed by atoms with Crippen LogP contribution in [0.2, 0.25) is 0 Å². The van der Waals surface area contributed by atoms with Crippen molar-refractivity contribution in [2.45, 2.75) is 25.4 Å². The van der Waals surface area contributed by atoms with Crippen molar-refractivity contribution in [2.24, 2.45) is 5.92 Å². The Bertz CT molecular complexity index is 684. The van der Waals surface area contributed by atoms with E-state index in [1.165, 1.54) is 11.1 Å². The molecule has 0 bridgehead atoms. The summed E-state index contributed by atoms with van der Waals surface area (Å²) in [5.41, 5.74) is 10.1. The molecule has 3 rings (SSSR count). The average Bonchev–Trinajstić information content (AvgIpc) is 2.56. The zero-order chi connectivity index (χ0) is 16.2. The molecule has 2 aromatic rings. The molecule has 4 nitrogen and oxygen atoms in total. The van der Waals surface area contributed by atoms with E-state index in [-0.39, 0.29) is 0 Å². The monoisotopic (exact) mass is 311 g/mol. The molecular formula is C19H21NO3. The Hall–Kier alpha value is -2.33. The standard InChI is InChI=1S/C19H21NO3/c20-17-8-4-7-14-10-9-13(11-16(14)17)12-23-18(19(21)22)15-5-2-1-3-6-15/h1-8,13,18H,9-12,20H2,(H,21,22)/t13?,18-/m0/s1. The molecule has 0 saturated carbocycles. The zero-order valence-corrected chi connectivity index (χ0v) is 12.9. The number of fused-ring (bicyclic) bond motifs is 1. The maximum absolute atomic E-state index is 11.5. The number of rotatable bonds is 5. The van der Waals surface area contributed by atoms with Crippen LogP contribution in [0.4, 0.5) is 5.69 Å². The van der Waals surface area contributed by atoms with E-state index in [1.807, 2.05) is 30.3 Å². The topological polar surface area (TPSA) is 72.5 Å². The van der Waals surface area contributed by atoms with Gasteiger partial charge in [0.15, 0.2) is 6.10 Å². The van der Waals surface area contributed by atoms with Gasteiger partial charge in [0.2, 0.25) is 0 Å². The molecule has 0 aromatic heterocycles. The van der Waals surface area contributed by atoms with Crippen molar-refractivity contribution < 1.29 is 14.6 Å². The maximum atomic E-state index is 11.5. The Balaban J connectivity index is 1.66. The van der Waals surface area contributed by atoms with Crippen molar-refractivity contribution in [3.63, 3.8) is 0 Å². The van der Waals surface area contributed by atoms with Crippen LogP contribution >= 0.6 is 0 Å². The van der Waals surface area contributed by atoms with Crippen LogP contribution in [0.25, 0.3) is 0 Å². The number of aliphatic carboxylic acids is 1. The molecule has 1 unspecified atom stereocenters. The minimum absolute atomic E-state index is 0.303. The smallest absolute Gasteiger partial charge is 0.337 e. The van der Waals surface area contributed by atoms with Crippen molar-refractivity contribution in [3.8, 4) is 0 Å². The minimum Gasteiger partial charge on any atom is -0.479 e. The molecule has 0 radical (unpaired) electrons. The Morgan fingerprint density at radius 2 is 2.00 bits per heavy atom. The first kappa shape index (κ1) is 15.6. The van der Waals surface area contributed by atoms with Gasteiger partial charge in [-0.15, -0.1) is 0 Å². The van der Waals surface area contributed by atoms with E-state index in [0.29, 0.717) is 18.1 Å². The van der Waals surface area contributed by atoms with Gasteiger partial charge in [-0.25, -0.2) is 4.79 Å². The third-order valence-electron chi connectivity index (χ3n) is 4.45. The number of anilines is 1. The zero-order valence-electron chi connectivity index (χ0n) is 12.9. The summed E-state index contributed by atoms with van der Waals surface area (Å²) in [5.74, 6) is -0.648. The first-order chi connectivity index (χ1) is 11.1. The summed E-state index contributed by atoms with van der Waals surface area (Å²) in [6, 6.07) is 15.1. The highest BCUT2D eigenvalue weighted by Gasteiger charge is 2.25. The quantitative estimate of drug-likeness (QED) is 0.832. The molecule has 0 heterocycles. The minimum atomic E-state index is -0.952. The molecule has 2 atom stereocenters. The molecular weight excluding hydrogens is 290 g/mol. The SMILES string of the molecule is Nc1cccc2c1CC(CO[C@H](C(=O)O)c1ccccc1)CC2. The van der Waals surface area contributed by atoms with Crippen molar-refractivity contribution >= 4 is 11.7 Å². The first-order valence-corrected chi connectivity index (χ1v) is 7.90. The molecule has 2 aromatic carbocycles. The normalized spacial score (nSPS) is 18.2. The van der Waals surface area contributed by atoms with Crippen molar-refractivity contribution in [1.82, 2.24) is 0 Å². The summed E-state index contributed by atoms with van der Waals surface area (Å²) in [4.78, 5) is 11.5. The van der Waals surface area contributed by atoms with Crippen molar-refractivity contribution in [2.75, 3.05) is 12.3 Å². The predicted molar refractivity (Wildman–Crippen MR) is 89.1 cm³/mol. The third-order valence-corrected chi connectivity index (χ3v) is 4.45. The number of carboxylic acids is 1. The van der Waals surface area contributed by atoms with Crippen LogP contribution in [0.3, 0.4) is 0 Å². The largest absolute Gasteiger partial charge is 0.479 e. The second-order valence-electron chi connectivity index (χ2n) is 6.06. The molecule has 1 aliphatic rings. The van der Waals surface area contributed by atoms with Crippen LogP contribution in [0, 0.1) is 5.92 Å². The second-order valence-corrected chi connectivity index (χ2v) is 6.06. The predicted octanol–water partition coefficient (Wildman–Crippen LogP) is 3.22. The number of hydrogen-bond donors (Lipinski definition) is 2. The molecule has 0 amide bonds. The summed E-state index contributed by atoms with van der Waals surface area (Å²) in [6.45, 7) is 0.430. The van der Waals surface area contributed by atoms with Gasteiger partial charge < -0.3 is 15.6 Å². The van der Waals surface area contributed by atoms with Crippen LogP contribution in [0.5, 0.6) is 0 Å². The molecule has 23 heavy (non-hydrogen) atoms. The van der Waals surface area contributed by atoms with Crippen LogP contribution in [-0.4, -0.2) is 17.7 Å².